The molecule has 0 aliphatic heterocycles. The lowest BCUT2D eigenvalue weighted by Crippen LogP contribution is -2.47. The molecule has 0 heterocycles. The monoisotopic (exact) mass is 383 g/mol. The maximum Gasteiger partial charge on any atom is 0.279 e. The Labute approximate surface area is 164 Å². The minimum absolute atomic E-state index is 0.0744. The fourth-order valence-corrected chi connectivity index (χ4v) is 2.38. The Morgan fingerprint density at radius 2 is 1.68 bits per heavy atom. The van der Waals surface area contributed by atoms with Gasteiger partial charge in [0.05, 0.1) is 0 Å². The highest BCUT2D eigenvalue weighted by atomic mass is 16.5. The van der Waals surface area contributed by atoms with E-state index in [4.69, 9.17) is 4.74 Å². The van der Waals surface area contributed by atoms with Gasteiger partial charge in [-0.1, -0.05) is 25.1 Å². The third kappa shape index (κ3) is 6.12. The molecule has 2 aromatic rings. The zero-order valence-electron chi connectivity index (χ0n) is 16.2. The molecule has 3 N–H and O–H groups in total. The second kappa shape index (κ2) is 10.1. The topological polar surface area (TPSA) is 96.5 Å². The van der Waals surface area contributed by atoms with E-state index in [0.717, 1.165) is 12.0 Å². The van der Waals surface area contributed by atoms with Gasteiger partial charge in [0.25, 0.3) is 11.8 Å². The molecule has 28 heavy (non-hydrogen) atoms. The molecule has 7 heteroatoms. The highest BCUT2D eigenvalue weighted by Crippen LogP contribution is 2.17. The van der Waals surface area contributed by atoms with Gasteiger partial charge in [0.15, 0.2) is 6.10 Å². The molecule has 0 fully saturated rings. The van der Waals surface area contributed by atoms with E-state index in [9.17, 15) is 14.4 Å². The smallest absolute Gasteiger partial charge is 0.279 e. The second-order valence-corrected chi connectivity index (χ2v) is 6.34. The van der Waals surface area contributed by atoms with Crippen molar-refractivity contribution in [2.75, 3.05) is 5.32 Å². The third-order valence-electron chi connectivity index (χ3n) is 3.97. The molecule has 3 amide bonds. The fraction of sp³-hybridized carbons (Fsp3) is 0.286. The molecule has 1 unspecified atom stereocenters. The van der Waals surface area contributed by atoms with Gasteiger partial charge in [0, 0.05) is 17.7 Å². The van der Waals surface area contributed by atoms with Crippen LogP contribution < -0.4 is 20.9 Å². The summed E-state index contributed by atoms with van der Waals surface area (Å²) < 4.78 is 5.61. The van der Waals surface area contributed by atoms with Crippen LogP contribution in [0.4, 0.5) is 5.69 Å². The Morgan fingerprint density at radius 3 is 2.32 bits per heavy atom. The zero-order valence-corrected chi connectivity index (χ0v) is 16.2. The molecule has 7 nitrogen and oxygen atoms in total. The first-order chi connectivity index (χ1) is 13.4. The van der Waals surface area contributed by atoms with Crippen LogP contribution in [-0.2, 0) is 9.59 Å². The molecular formula is C21H25N3O4. The van der Waals surface area contributed by atoms with E-state index >= 15 is 0 Å². The highest BCUT2D eigenvalue weighted by Gasteiger charge is 2.16. The van der Waals surface area contributed by atoms with E-state index in [1.807, 2.05) is 32.0 Å². The predicted molar refractivity (Wildman–Crippen MR) is 107 cm³/mol. The third-order valence-corrected chi connectivity index (χ3v) is 3.97. The summed E-state index contributed by atoms with van der Waals surface area (Å²) in [6.45, 7) is 5.41. The summed E-state index contributed by atoms with van der Waals surface area (Å²) >= 11 is 0. The highest BCUT2D eigenvalue weighted by molar-refractivity contribution is 5.97. The molecule has 0 saturated heterocycles. The lowest BCUT2D eigenvalue weighted by molar-refractivity contribution is -0.128. The van der Waals surface area contributed by atoms with Crippen LogP contribution in [-0.4, -0.2) is 23.8 Å². The van der Waals surface area contributed by atoms with Crippen LogP contribution in [0.1, 0.15) is 42.6 Å². The number of rotatable bonds is 7. The Kier molecular flexibility index (Phi) is 7.56. The Hall–Kier alpha value is -3.35. The van der Waals surface area contributed by atoms with Gasteiger partial charge in [-0.2, -0.15) is 0 Å². The van der Waals surface area contributed by atoms with Crippen LogP contribution in [0.3, 0.4) is 0 Å². The first-order valence-electron chi connectivity index (χ1n) is 9.13. The van der Waals surface area contributed by atoms with Crippen molar-refractivity contribution in [1.82, 2.24) is 10.9 Å². The minimum Gasteiger partial charge on any atom is -0.481 e. The fourth-order valence-electron chi connectivity index (χ4n) is 2.38. The van der Waals surface area contributed by atoms with Crippen LogP contribution in [0.15, 0.2) is 48.5 Å². The van der Waals surface area contributed by atoms with Crippen molar-refractivity contribution in [3.8, 4) is 5.75 Å². The summed E-state index contributed by atoms with van der Waals surface area (Å²) in [5.41, 5.74) is 6.58. The van der Waals surface area contributed by atoms with Crippen molar-refractivity contribution in [3.63, 3.8) is 0 Å². The van der Waals surface area contributed by atoms with Crippen molar-refractivity contribution in [3.05, 3.63) is 59.7 Å². The van der Waals surface area contributed by atoms with Crippen LogP contribution in [0, 0.1) is 6.92 Å². The second-order valence-electron chi connectivity index (χ2n) is 6.34. The number of hydrogen-bond donors (Lipinski definition) is 3. The number of carbonyl (C=O) groups is 3. The average molecular weight is 383 g/mol. The minimum atomic E-state index is -0.780. The van der Waals surface area contributed by atoms with Gasteiger partial charge in [-0.15, -0.1) is 0 Å². The summed E-state index contributed by atoms with van der Waals surface area (Å²) in [7, 11) is 0. The van der Waals surface area contributed by atoms with Gasteiger partial charge in [-0.3, -0.25) is 25.2 Å². The maximum atomic E-state index is 12.2. The number of amides is 3. The quantitative estimate of drug-likeness (QED) is 0.641. The lowest BCUT2D eigenvalue weighted by atomic mass is 10.2. The van der Waals surface area contributed by atoms with Crippen molar-refractivity contribution < 1.29 is 19.1 Å². The molecule has 0 spiro atoms. The predicted octanol–water partition coefficient (Wildman–Crippen LogP) is 2.96. The molecule has 0 saturated carbocycles. The van der Waals surface area contributed by atoms with E-state index in [2.05, 4.69) is 16.2 Å². The van der Waals surface area contributed by atoms with Crippen LogP contribution in [0.25, 0.3) is 0 Å². The van der Waals surface area contributed by atoms with Gasteiger partial charge < -0.3 is 10.1 Å². The van der Waals surface area contributed by atoms with Gasteiger partial charge in [-0.05, 0) is 56.2 Å². The Morgan fingerprint density at radius 1 is 1.00 bits per heavy atom. The number of carbonyl (C=O) groups excluding carboxylic acids is 3. The van der Waals surface area contributed by atoms with Crippen LogP contribution in [0.2, 0.25) is 0 Å². The molecule has 2 aromatic carbocycles. The summed E-state index contributed by atoms with van der Waals surface area (Å²) in [5, 5.41) is 2.74. The Balaban J connectivity index is 1.84. The first-order valence-corrected chi connectivity index (χ1v) is 9.13. The van der Waals surface area contributed by atoms with E-state index in [1.54, 1.807) is 37.3 Å². The van der Waals surface area contributed by atoms with Crippen LogP contribution in [0.5, 0.6) is 5.75 Å². The molecule has 0 bridgehead atoms. The molecule has 148 valence electrons. The summed E-state index contributed by atoms with van der Waals surface area (Å²) in [6.07, 6.45) is 0.423. The maximum absolute atomic E-state index is 12.2. The largest absolute Gasteiger partial charge is 0.481 e. The molecule has 0 aliphatic carbocycles. The van der Waals surface area contributed by atoms with Gasteiger partial charge in [-0.25, -0.2) is 0 Å². The number of ether oxygens (including phenoxy) is 1. The number of anilines is 1. The molecule has 1 atom stereocenters. The molecule has 0 aliphatic rings. The normalized spacial score (nSPS) is 11.2. The SMILES string of the molecule is CCCC(=O)Nc1ccc(C(=O)NNC(=O)C(C)Oc2ccccc2C)cc1. The number of hydrogen-bond acceptors (Lipinski definition) is 4. The van der Waals surface area contributed by atoms with Gasteiger partial charge >= 0.3 is 0 Å². The molecular weight excluding hydrogens is 358 g/mol. The van der Waals surface area contributed by atoms with E-state index in [-0.39, 0.29) is 5.91 Å². The van der Waals surface area contributed by atoms with Gasteiger partial charge in [0.1, 0.15) is 5.75 Å². The molecule has 0 radical (unpaired) electrons. The van der Waals surface area contributed by atoms with Crippen molar-refractivity contribution in [2.45, 2.75) is 39.7 Å². The number of nitrogens with one attached hydrogen (secondary N) is 3. The van der Waals surface area contributed by atoms with Crippen LogP contribution >= 0.6 is 0 Å². The standard InChI is InChI=1S/C21H25N3O4/c1-4-7-19(25)22-17-12-10-16(11-13-17)21(27)24-23-20(26)15(3)28-18-9-6-5-8-14(18)2/h5-6,8-13,15H,4,7H2,1-3H3,(H,22,25)(H,23,26)(H,24,27). The summed E-state index contributed by atoms with van der Waals surface area (Å²) in [6, 6.07) is 13.8. The van der Waals surface area contributed by atoms with E-state index < -0.39 is 17.9 Å². The zero-order chi connectivity index (χ0) is 20.5. The number of aryl methyl sites for hydroxylation is 1. The van der Waals surface area contributed by atoms with Crippen molar-refractivity contribution in [1.29, 1.82) is 0 Å². The van der Waals surface area contributed by atoms with Gasteiger partial charge in [0.2, 0.25) is 5.91 Å². The van der Waals surface area contributed by atoms with E-state index in [1.165, 1.54) is 0 Å². The summed E-state index contributed by atoms with van der Waals surface area (Å²) in [5.74, 6) is -0.408. The number of para-hydroxylation sites is 1. The van der Waals surface area contributed by atoms with Crippen molar-refractivity contribution in [2.24, 2.45) is 0 Å². The molecule has 0 aromatic heterocycles. The number of hydrazine groups is 1. The lowest BCUT2D eigenvalue weighted by Gasteiger charge is -2.16. The Bertz CT molecular complexity index is 834. The van der Waals surface area contributed by atoms with E-state index in [0.29, 0.717) is 23.4 Å². The molecule has 2 rings (SSSR count). The summed E-state index contributed by atoms with van der Waals surface area (Å²) in [4.78, 5) is 35.9. The average Bonchev–Trinajstić information content (AvgIpc) is 2.68. The number of benzene rings is 2. The van der Waals surface area contributed by atoms with Crippen molar-refractivity contribution >= 4 is 23.4 Å². The first kappa shape index (κ1) is 21.0.